The van der Waals surface area contributed by atoms with E-state index in [0.29, 0.717) is 24.0 Å². The van der Waals surface area contributed by atoms with Crippen molar-refractivity contribution in [2.45, 2.75) is 26.7 Å². The van der Waals surface area contributed by atoms with E-state index in [2.05, 4.69) is 22.9 Å². The number of nitro groups is 1. The molecule has 0 saturated heterocycles. The van der Waals surface area contributed by atoms with Gasteiger partial charge in [-0.1, -0.05) is 35.3 Å². The summed E-state index contributed by atoms with van der Waals surface area (Å²) < 4.78 is 0. The first-order valence-corrected chi connectivity index (χ1v) is 7.73. The van der Waals surface area contributed by atoms with E-state index in [1.165, 1.54) is 12.1 Å². The van der Waals surface area contributed by atoms with Crippen molar-refractivity contribution in [2.75, 3.05) is 18.4 Å². The van der Waals surface area contributed by atoms with Gasteiger partial charge in [0, 0.05) is 36.1 Å². The van der Waals surface area contributed by atoms with Crippen LogP contribution in [0.25, 0.3) is 0 Å². The van der Waals surface area contributed by atoms with Crippen LogP contribution in [0.15, 0.2) is 18.2 Å². The minimum absolute atomic E-state index is 0.0479. The predicted octanol–water partition coefficient (Wildman–Crippen LogP) is 3.54. The van der Waals surface area contributed by atoms with E-state index in [1.807, 2.05) is 0 Å². The fourth-order valence-electron chi connectivity index (χ4n) is 1.89. The van der Waals surface area contributed by atoms with Crippen molar-refractivity contribution in [3.05, 3.63) is 39.4 Å². The maximum absolute atomic E-state index is 12.5. The Morgan fingerprint density at radius 1 is 1.40 bits per heavy atom. The summed E-state index contributed by atoms with van der Waals surface area (Å²) in [4.78, 5) is 24.6. The molecule has 0 heterocycles. The molecule has 1 aromatic rings. The Bertz CT molecular complexity index is 491. The summed E-state index contributed by atoms with van der Waals surface area (Å²) in [5.74, 6) is -0.140. The van der Waals surface area contributed by atoms with Crippen molar-refractivity contribution in [2.24, 2.45) is 0 Å². The van der Waals surface area contributed by atoms with Gasteiger partial charge in [-0.15, -0.1) is 0 Å². The number of nitro benzene ring substituents is 1. The molecule has 0 aliphatic heterocycles. The van der Waals surface area contributed by atoms with Gasteiger partial charge >= 0.3 is 0 Å². The molecule has 0 radical (unpaired) electrons. The van der Waals surface area contributed by atoms with Crippen LogP contribution in [0.2, 0.25) is 0 Å². The lowest BCUT2D eigenvalue weighted by Crippen LogP contribution is -2.34. The van der Waals surface area contributed by atoms with E-state index in [9.17, 15) is 14.9 Å². The van der Waals surface area contributed by atoms with Gasteiger partial charge in [0.1, 0.15) is 0 Å². The van der Waals surface area contributed by atoms with Crippen LogP contribution in [0.1, 0.15) is 35.7 Å². The Morgan fingerprint density at radius 2 is 2.10 bits per heavy atom. The Labute approximate surface area is 127 Å². The molecule has 0 aliphatic carbocycles. The van der Waals surface area contributed by atoms with Gasteiger partial charge in [-0.25, -0.2) is 0 Å². The van der Waals surface area contributed by atoms with Gasteiger partial charge in [0.2, 0.25) is 0 Å². The summed E-state index contributed by atoms with van der Waals surface area (Å²) in [7, 11) is 0. The SMILES string of the molecule is CCCCN(CCBr)C(=O)c1cc([N+](=O)[O-])ccc1C. The molecule has 0 spiro atoms. The number of hydrogen-bond donors (Lipinski definition) is 0. The average molecular weight is 343 g/mol. The van der Waals surface area contributed by atoms with Gasteiger partial charge in [0.05, 0.1) is 4.92 Å². The Kier molecular flexibility index (Phi) is 6.64. The first-order valence-electron chi connectivity index (χ1n) is 6.61. The summed E-state index contributed by atoms with van der Waals surface area (Å²) in [5.41, 5.74) is 1.13. The van der Waals surface area contributed by atoms with Gasteiger partial charge in [-0.3, -0.25) is 14.9 Å². The number of rotatable bonds is 7. The molecule has 110 valence electrons. The molecule has 0 aliphatic rings. The number of benzene rings is 1. The first-order chi connectivity index (χ1) is 9.51. The van der Waals surface area contributed by atoms with Gasteiger partial charge in [-0.2, -0.15) is 0 Å². The molecule has 5 nitrogen and oxygen atoms in total. The van der Waals surface area contributed by atoms with E-state index < -0.39 is 4.92 Å². The van der Waals surface area contributed by atoms with Gasteiger partial charge in [-0.05, 0) is 18.9 Å². The molecule has 6 heteroatoms. The smallest absolute Gasteiger partial charge is 0.270 e. The van der Waals surface area contributed by atoms with Crippen molar-refractivity contribution in [1.82, 2.24) is 4.90 Å². The van der Waals surface area contributed by atoms with Crippen molar-refractivity contribution in [3.8, 4) is 0 Å². The van der Waals surface area contributed by atoms with E-state index in [0.717, 1.165) is 18.4 Å². The van der Waals surface area contributed by atoms with Crippen LogP contribution in [0, 0.1) is 17.0 Å². The minimum atomic E-state index is -0.475. The maximum Gasteiger partial charge on any atom is 0.270 e. The molecule has 1 rings (SSSR count). The molecular weight excluding hydrogens is 324 g/mol. The second kappa shape index (κ2) is 7.99. The fraction of sp³-hybridized carbons (Fsp3) is 0.500. The van der Waals surface area contributed by atoms with E-state index >= 15 is 0 Å². The molecule has 0 N–H and O–H groups in total. The van der Waals surface area contributed by atoms with Crippen LogP contribution in [0.5, 0.6) is 0 Å². The standard InChI is InChI=1S/C14H19BrN2O3/c1-3-4-8-16(9-7-15)14(18)13-10-12(17(19)20)6-5-11(13)2/h5-6,10H,3-4,7-9H2,1-2H3. The molecule has 0 aromatic heterocycles. The van der Waals surface area contributed by atoms with E-state index in [4.69, 9.17) is 0 Å². The van der Waals surface area contributed by atoms with E-state index in [-0.39, 0.29) is 11.6 Å². The summed E-state index contributed by atoms with van der Waals surface area (Å²) in [6.07, 6.45) is 1.92. The molecule has 0 atom stereocenters. The number of carbonyl (C=O) groups is 1. The normalized spacial score (nSPS) is 10.3. The lowest BCUT2D eigenvalue weighted by Gasteiger charge is -2.22. The molecule has 0 saturated carbocycles. The zero-order valence-electron chi connectivity index (χ0n) is 11.8. The van der Waals surface area contributed by atoms with Crippen LogP contribution in [-0.2, 0) is 0 Å². The number of nitrogens with zero attached hydrogens (tertiary/aromatic N) is 2. The largest absolute Gasteiger partial charge is 0.338 e. The summed E-state index contributed by atoms with van der Waals surface area (Å²) in [6, 6.07) is 4.41. The summed E-state index contributed by atoms with van der Waals surface area (Å²) in [6.45, 7) is 5.13. The Balaban J connectivity index is 3.03. The van der Waals surface area contributed by atoms with Crippen molar-refractivity contribution in [3.63, 3.8) is 0 Å². The number of carbonyl (C=O) groups excluding carboxylic acids is 1. The predicted molar refractivity (Wildman–Crippen MR) is 82.4 cm³/mol. The molecule has 0 fully saturated rings. The topological polar surface area (TPSA) is 63.5 Å². The van der Waals surface area contributed by atoms with Crippen LogP contribution >= 0.6 is 15.9 Å². The maximum atomic E-state index is 12.5. The number of alkyl halides is 1. The molecule has 0 unspecified atom stereocenters. The summed E-state index contributed by atoms with van der Waals surface area (Å²) >= 11 is 3.34. The molecule has 1 amide bonds. The molecule has 1 aromatic carbocycles. The zero-order chi connectivity index (χ0) is 15.1. The highest BCUT2D eigenvalue weighted by atomic mass is 79.9. The second-order valence-corrected chi connectivity index (χ2v) is 5.38. The quantitative estimate of drug-likeness (QED) is 0.432. The van der Waals surface area contributed by atoms with Crippen molar-refractivity contribution < 1.29 is 9.72 Å². The Hall–Kier alpha value is -1.43. The third kappa shape index (κ3) is 4.30. The average Bonchev–Trinajstić information content (AvgIpc) is 2.43. The van der Waals surface area contributed by atoms with E-state index in [1.54, 1.807) is 17.9 Å². The van der Waals surface area contributed by atoms with Gasteiger partial charge < -0.3 is 4.90 Å². The van der Waals surface area contributed by atoms with Crippen LogP contribution < -0.4 is 0 Å². The monoisotopic (exact) mass is 342 g/mol. The van der Waals surface area contributed by atoms with Crippen molar-refractivity contribution >= 4 is 27.5 Å². The van der Waals surface area contributed by atoms with Crippen LogP contribution in [-0.4, -0.2) is 34.2 Å². The third-order valence-electron chi connectivity index (χ3n) is 3.09. The second-order valence-electron chi connectivity index (χ2n) is 4.59. The lowest BCUT2D eigenvalue weighted by atomic mass is 10.1. The molecule has 0 bridgehead atoms. The van der Waals surface area contributed by atoms with Crippen molar-refractivity contribution in [1.29, 1.82) is 0 Å². The van der Waals surface area contributed by atoms with Crippen LogP contribution in [0.4, 0.5) is 5.69 Å². The number of non-ortho nitro benzene ring substituents is 1. The summed E-state index contributed by atoms with van der Waals surface area (Å²) in [5, 5.41) is 11.5. The van der Waals surface area contributed by atoms with Crippen LogP contribution in [0.3, 0.4) is 0 Å². The Morgan fingerprint density at radius 3 is 2.65 bits per heavy atom. The molecular formula is C14H19BrN2O3. The zero-order valence-corrected chi connectivity index (χ0v) is 13.4. The first kappa shape index (κ1) is 16.6. The highest BCUT2D eigenvalue weighted by molar-refractivity contribution is 9.09. The number of hydrogen-bond acceptors (Lipinski definition) is 3. The molecule has 20 heavy (non-hydrogen) atoms. The minimum Gasteiger partial charge on any atom is -0.338 e. The highest BCUT2D eigenvalue weighted by Gasteiger charge is 2.19. The fourth-order valence-corrected chi connectivity index (χ4v) is 2.32. The lowest BCUT2D eigenvalue weighted by molar-refractivity contribution is -0.384. The number of amides is 1. The number of halogens is 1. The third-order valence-corrected chi connectivity index (χ3v) is 3.44. The number of aryl methyl sites for hydroxylation is 1. The van der Waals surface area contributed by atoms with Gasteiger partial charge in [0.15, 0.2) is 0 Å². The highest BCUT2D eigenvalue weighted by Crippen LogP contribution is 2.19. The number of unbranched alkanes of at least 4 members (excludes halogenated alkanes) is 1. The van der Waals surface area contributed by atoms with Gasteiger partial charge in [0.25, 0.3) is 11.6 Å².